The summed E-state index contributed by atoms with van der Waals surface area (Å²) in [5, 5.41) is 12.4. The molecule has 1 unspecified atom stereocenters. The number of nitrogens with one attached hydrogen (secondary N) is 1. The van der Waals surface area contributed by atoms with Gasteiger partial charge in [0.15, 0.2) is 6.10 Å². The minimum atomic E-state index is -4.86. The van der Waals surface area contributed by atoms with Crippen molar-refractivity contribution in [2.45, 2.75) is 50.7 Å². The van der Waals surface area contributed by atoms with Gasteiger partial charge in [0.2, 0.25) is 5.95 Å². The summed E-state index contributed by atoms with van der Waals surface area (Å²) < 4.78 is 43.5. The number of nitrogens with zero attached hydrogens (tertiary/aromatic N) is 3. The quantitative estimate of drug-likeness (QED) is 0.567. The van der Waals surface area contributed by atoms with Crippen molar-refractivity contribution in [3.05, 3.63) is 33.4 Å². The maximum absolute atomic E-state index is 12.7. The molecule has 0 radical (unpaired) electrons. The van der Waals surface area contributed by atoms with Crippen molar-refractivity contribution in [1.82, 2.24) is 20.2 Å². The maximum Gasteiger partial charge on any atom is 0.417 e. The van der Waals surface area contributed by atoms with E-state index in [4.69, 9.17) is 33.7 Å². The van der Waals surface area contributed by atoms with Crippen molar-refractivity contribution >= 4 is 35.2 Å². The van der Waals surface area contributed by atoms with Crippen LogP contribution in [0.5, 0.6) is 5.75 Å². The monoisotopic (exact) mass is 505 g/mol. The Morgan fingerprint density at radius 3 is 2.67 bits per heavy atom. The van der Waals surface area contributed by atoms with Crippen LogP contribution in [0.15, 0.2) is 12.1 Å². The molecule has 0 saturated heterocycles. The fraction of sp³-hybridized carbons (Fsp3) is 0.450. The lowest BCUT2D eigenvalue weighted by atomic mass is 9.93. The Kier molecular flexibility index (Phi) is 6.47. The smallest absolute Gasteiger partial charge is 0.417 e. The SMILES string of the molecule is Nc1nc2c(c(-c3c(Cl)cc(Cl)cc3OCC(O)C(F)(F)F)n1)CN(C(=O)NC1CCC1)C2. The van der Waals surface area contributed by atoms with Crippen LogP contribution in [-0.2, 0) is 13.1 Å². The molecule has 2 heterocycles. The van der Waals surface area contributed by atoms with Crippen molar-refractivity contribution in [3.8, 4) is 17.0 Å². The van der Waals surface area contributed by atoms with E-state index in [1.54, 1.807) is 4.90 Å². The number of benzene rings is 1. The fourth-order valence-electron chi connectivity index (χ4n) is 3.60. The van der Waals surface area contributed by atoms with Crippen LogP contribution in [0.1, 0.15) is 30.5 Å². The highest BCUT2D eigenvalue weighted by Gasteiger charge is 2.39. The molecular formula is C20H20Cl2F3N5O3. The first-order chi connectivity index (χ1) is 15.5. The lowest BCUT2D eigenvalue weighted by Gasteiger charge is -2.28. The molecule has 8 nitrogen and oxygen atoms in total. The molecule has 2 aliphatic rings. The second kappa shape index (κ2) is 9.03. The first-order valence-electron chi connectivity index (χ1n) is 10.1. The average molecular weight is 506 g/mol. The van der Waals surface area contributed by atoms with Gasteiger partial charge in [-0.2, -0.15) is 13.2 Å². The molecule has 1 fully saturated rings. The van der Waals surface area contributed by atoms with Crippen LogP contribution in [0.2, 0.25) is 10.0 Å². The van der Waals surface area contributed by atoms with Gasteiger partial charge in [-0.3, -0.25) is 0 Å². The Hall–Kier alpha value is -2.50. The van der Waals surface area contributed by atoms with Crippen molar-refractivity contribution in [3.63, 3.8) is 0 Å². The van der Waals surface area contributed by atoms with Crippen LogP contribution in [-0.4, -0.2) is 50.9 Å². The predicted octanol–water partition coefficient (Wildman–Crippen LogP) is 3.91. The fourth-order valence-corrected chi connectivity index (χ4v) is 4.16. The molecule has 1 aromatic carbocycles. The number of ether oxygens (including phenoxy) is 1. The predicted molar refractivity (Wildman–Crippen MR) is 115 cm³/mol. The molecule has 1 saturated carbocycles. The summed E-state index contributed by atoms with van der Waals surface area (Å²) in [6.07, 6.45) is -4.66. The number of fused-ring (bicyclic) bond motifs is 1. The number of carbonyl (C=O) groups excluding carboxylic acids is 1. The van der Waals surface area contributed by atoms with Gasteiger partial charge in [0.05, 0.1) is 35.1 Å². The number of hydrogen-bond donors (Lipinski definition) is 3. The van der Waals surface area contributed by atoms with Gasteiger partial charge in [0.25, 0.3) is 0 Å². The molecular weight excluding hydrogens is 486 g/mol. The number of alkyl halides is 3. The third kappa shape index (κ3) is 5.04. The zero-order chi connectivity index (χ0) is 23.9. The standard InChI is InChI=1S/C20H20Cl2F3N5O3/c21-9-4-12(22)16(14(5-9)33-8-15(31)20(23,24)25)17-11-6-30(7-13(11)28-18(26)29-17)19(32)27-10-2-1-3-10/h4-5,10,15,31H,1-3,6-8H2,(H,27,32)(H2,26,28,29). The highest BCUT2D eigenvalue weighted by Crippen LogP contribution is 2.42. The Morgan fingerprint density at radius 2 is 2.03 bits per heavy atom. The van der Waals surface area contributed by atoms with Crippen molar-refractivity contribution in [2.75, 3.05) is 12.3 Å². The van der Waals surface area contributed by atoms with Crippen molar-refractivity contribution in [1.29, 1.82) is 0 Å². The zero-order valence-electron chi connectivity index (χ0n) is 17.1. The van der Waals surface area contributed by atoms with E-state index in [2.05, 4.69) is 15.3 Å². The lowest BCUT2D eigenvalue weighted by molar-refractivity contribution is -0.210. The van der Waals surface area contributed by atoms with Crippen LogP contribution in [0.4, 0.5) is 23.9 Å². The number of nitrogens with two attached hydrogens (primary N) is 1. The van der Waals surface area contributed by atoms with E-state index >= 15 is 0 Å². The van der Waals surface area contributed by atoms with Crippen LogP contribution in [0, 0.1) is 0 Å². The van der Waals surface area contributed by atoms with E-state index in [-0.39, 0.29) is 58.2 Å². The number of aliphatic hydroxyl groups is 1. The topological polar surface area (TPSA) is 114 Å². The number of nitrogen functional groups attached to an aromatic ring is 1. The minimum Gasteiger partial charge on any atom is -0.490 e. The van der Waals surface area contributed by atoms with Gasteiger partial charge >= 0.3 is 12.2 Å². The van der Waals surface area contributed by atoms with E-state index < -0.39 is 18.9 Å². The first-order valence-corrected chi connectivity index (χ1v) is 10.9. The molecule has 1 aliphatic carbocycles. The van der Waals surface area contributed by atoms with E-state index in [1.807, 2.05) is 0 Å². The summed E-state index contributed by atoms with van der Waals surface area (Å²) in [7, 11) is 0. The minimum absolute atomic E-state index is 0.0525. The third-order valence-corrected chi connectivity index (χ3v) is 6.07. The highest BCUT2D eigenvalue weighted by atomic mass is 35.5. The van der Waals surface area contributed by atoms with Crippen LogP contribution >= 0.6 is 23.2 Å². The van der Waals surface area contributed by atoms with Gasteiger partial charge in [-0.25, -0.2) is 14.8 Å². The molecule has 4 N–H and O–H groups in total. The molecule has 1 aliphatic heterocycles. The zero-order valence-corrected chi connectivity index (χ0v) is 18.6. The first kappa shape index (κ1) is 23.7. The average Bonchev–Trinajstić information content (AvgIpc) is 3.11. The summed E-state index contributed by atoms with van der Waals surface area (Å²) >= 11 is 12.4. The number of aliphatic hydroxyl groups excluding tert-OH is 1. The Bertz CT molecular complexity index is 1080. The van der Waals surface area contributed by atoms with Crippen LogP contribution < -0.4 is 15.8 Å². The number of rotatable bonds is 5. The summed E-state index contributed by atoms with van der Waals surface area (Å²) in [6, 6.07) is 2.54. The number of anilines is 1. The van der Waals surface area contributed by atoms with E-state index in [0.29, 0.717) is 11.3 Å². The number of amides is 2. The Balaban J connectivity index is 1.67. The molecule has 178 valence electrons. The van der Waals surface area contributed by atoms with Crippen molar-refractivity contribution in [2.24, 2.45) is 0 Å². The second-order valence-electron chi connectivity index (χ2n) is 7.92. The number of urea groups is 1. The molecule has 2 amide bonds. The number of aromatic nitrogens is 2. The molecule has 4 rings (SSSR count). The summed E-state index contributed by atoms with van der Waals surface area (Å²) in [5.41, 5.74) is 7.26. The van der Waals surface area contributed by atoms with E-state index in [1.165, 1.54) is 12.1 Å². The Morgan fingerprint density at radius 1 is 1.30 bits per heavy atom. The van der Waals surface area contributed by atoms with Gasteiger partial charge in [-0.15, -0.1) is 0 Å². The van der Waals surface area contributed by atoms with Gasteiger partial charge < -0.3 is 25.8 Å². The van der Waals surface area contributed by atoms with Gasteiger partial charge in [-0.1, -0.05) is 23.2 Å². The molecule has 13 heteroatoms. The van der Waals surface area contributed by atoms with E-state index in [0.717, 1.165) is 19.3 Å². The van der Waals surface area contributed by atoms with Gasteiger partial charge in [0.1, 0.15) is 12.4 Å². The molecule has 0 bridgehead atoms. The summed E-state index contributed by atoms with van der Waals surface area (Å²) in [5.74, 6) is -0.217. The largest absolute Gasteiger partial charge is 0.490 e. The van der Waals surface area contributed by atoms with Crippen molar-refractivity contribution < 1.29 is 27.8 Å². The normalized spacial score (nSPS) is 16.8. The summed E-state index contributed by atoms with van der Waals surface area (Å²) in [6.45, 7) is -0.749. The molecule has 2 aromatic rings. The van der Waals surface area contributed by atoms with Crippen LogP contribution in [0.25, 0.3) is 11.3 Å². The number of halogens is 5. The second-order valence-corrected chi connectivity index (χ2v) is 8.76. The van der Waals surface area contributed by atoms with E-state index in [9.17, 15) is 23.1 Å². The Labute approximate surface area is 196 Å². The highest BCUT2D eigenvalue weighted by molar-refractivity contribution is 6.37. The molecule has 33 heavy (non-hydrogen) atoms. The number of hydrogen-bond acceptors (Lipinski definition) is 6. The van der Waals surface area contributed by atoms with Gasteiger partial charge in [-0.05, 0) is 31.4 Å². The van der Waals surface area contributed by atoms with Gasteiger partial charge in [0, 0.05) is 16.6 Å². The summed E-state index contributed by atoms with van der Waals surface area (Å²) in [4.78, 5) is 22.6. The lowest BCUT2D eigenvalue weighted by Crippen LogP contribution is -2.45. The number of carbonyl (C=O) groups is 1. The molecule has 0 spiro atoms. The third-order valence-electron chi connectivity index (χ3n) is 5.55. The van der Waals surface area contributed by atoms with Crippen LogP contribution in [0.3, 0.4) is 0 Å². The molecule has 1 atom stereocenters. The molecule has 1 aromatic heterocycles. The maximum atomic E-state index is 12.7.